The van der Waals surface area contributed by atoms with Gasteiger partial charge in [0.1, 0.15) is 5.69 Å². The number of amides is 1. The number of rotatable bonds is 5. The van der Waals surface area contributed by atoms with E-state index in [0.717, 1.165) is 36.9 Å². The number of nitrogens with zero attached hydrogens (tertiary/aromatic N) is 1. The molecule has 1 amide bonds. The molecule has 2 fully saturated rings. The Bertz CT molecular complexity index is 726. The largest absolute Gasteiger partial charge is 0.481 e. The van der Waals surface area contributed by atoms with E-state index in [1.807, 2.05) is 13.8 Å². The summed E-state index contributed by atoms with van der Waals surface area (Å²) < 4.78 is 0. The van der Waals surface area contributed by atoms with Gasteiger partial charge in [-0.3, -0.25) is 14.4 Å². The normalized spacial score (nSPS) is 21.4. The van der Waals surface area contributed by atoms with E-state index in [0.29, 0.717) is 30.8 Å². The number of carboxylic acids is 1. The highest BCUT2D eigenvalue weighted by Crippen LogP contribution is 2.59. The van der Waals surface area contributed by atoms with Crippen LogP contribution in [-0.2, 0) is 11.2 Å². The Morgan fingerprint density at radius 2 is 1.92 bits per heavy atom. The van der Waals surface area contributed by atoms with Gasteiger partial charge in [0.05, 0.1) is 5.92 Å². The number of aromatic amines is 1. The van der Waals surface area contributed by atoms with E-state index in [1.54, 1.807) is 4.90 Å². The van der Waals surface area contributed by atoms with Crippen LogP contribution in [-0.4, -0.2) is 45.7 Å². The molecule has 6 nitrogen and oxygen atoms in total. The fourth-order valence-electron chi connectivity index (χ4n) is 4.40. The van der Waals surface area contributed by atoms with Crippen LogP contribution in [0.4, 0.5) is 0 Å². The average Bonchev–Trinajstić information content (AvgIpc) is 3.15. The third-order valence-corrected chi connectivity index (χ3v) is 5.89. The van der Waals surface area contributed by atoms with Crippen molar-refractivity contribution in [1.29, 1.82) is 0 Å². The topological polar surface area (TPSA) is 90.5 Å². The van der Waals surface area contributed by atoms with Crippen molar-refractivity contribution < 1.29 is 19.5 Å². The number of hydrogen-bond donors (Lipinski definition) is 2. The number of H-pyrrole nitrogens is 1. The van der Waals surface area contributed by atoms with Crippen molar-refractivity contribution in [3.8, 4) is 0 Å². The predicted molar refractivity (Wildman–Crippen MR) is 92.8 cm³/mol. The van der Waals surface area contributed by atoms with Gasteiger partial charge in [-0.15, -0.1) is 0 Å². The van der Waals surface area contributed by atoms with Crippen LogP contribution in [0.2, 0.25) is 0 Å². The van der Waals surface area contributed by atoms with E-state index >= 15 is 0 Å². The molecule has 0 aromatic carbocycles. The fourth-order valence-corrected chi connectivity index (χ4v) is 4.40. The summed E-state index contributed by atoms with van der Waals surface area (Å²) in [5.74, 6) is -1.04. The summed E-state index contributed by atoms with van der Waals surface area (Å²) in [6.07, 6.45) is 3.79. The van der Waals surface area contributed by atoms with Gasteiger partial charge in [0, 0.05) is 24.3 Å². The summed E-state index contributed by atoms with van der Waals surface area (Å²) >= 11 is 0. The Morgan fingerprint density at radius 1 is 1.28 bits per heavy atom. The van der Waals surface area contributed by atoms with Crippen LogP contribution in [0.1, 0.15) is 71.6 Å². The first kappa shape index (κ1) is 17.7. The molecule has 136 valence electrons. The highest BCUT2D eigenvalue weighted by molar-refractivity contribution is 6.02. The lowest BCUT2D eigenvalue weighted by atomic mass is 9.90. The Labute approximate surface area is 147 Å². The molecule has 1 spiro atoms. The summed E-state index contributed by atoms with van der Waals surface area (Å²) in [7, 11) is 0. The molecule has 2 N–H and O–H groups in total. The van der Waals surface area contributed by atoms with Crippen molar-refractivity contribution >= 4 is 17.7 Å². The highest BCUT2D eigenvalue weighted by Gasteiger charge is 2.59. The van der Waals surface area contributed by atoms with Crippen molar-refractivity contribution in [1.82, 2.24) is 9.88 Å². The van der Waals surface area contributed by atoms with Gasteiger partial charge in [-0.1, -0.05) is 13.3 Å². The maximum absolute atomic E-state index is 13.0. The number of hydrogen-bond acceptors (Lipinski definition) is 3. The summed E-state index contributed by atoms with van der Waals surface area (Å²) in [6.45, 7) is 6.57. The zero-order valence-electron chi connectivity index (χ0n) is 15.1. The zero-order valence-corrected chi connectivity index (χ0v) is 15.1. The summed E-state index contributed by atoms with van der Waals surface area (Å²) in [5.41, 5.74) is 2.66. The molecule has 25 heavy (non-hydrogen) atoms. The van der Waals surface area contributed by atoms with E-state index in [9.17, 15) is 19.5 Å². The number of aryl methyl sites for hydroxylation is 1. The van der Waals surface area contributed by atoms with Crippen molar-refractivity contribution in [3.63, 3.8) is 0 Å². The number of ketones is 1. The van der Waals surface area contributed by atoms with Crippen LogP contribution in [0.25, 0.3) is 0 Å². The Kier molecular flexibility index (Phi) is 4.47. The van der Waals surface area contributed by atoms with Gasteiger partial charge >= 0.3 is 5.97 Å². The van der Waals surface area contributed by atoms with E-state index in [2.05, 4.69) is 4.98 Å². The number of carbonyl (C=O) groups is 3. The highest BCUT2D eigenvalue weighted by atomic mass is 16.4. The van der Waals surface area contributed by atoms with Crippen LogP contribution in [0.15, 0.2) is 0 Å². The van der Waals surface area contributed by atoms with Crippen LogP contribution in [0, 0.1) is 18.3 Å². The molecule has 1 aliphatic carbocycles. The first-order valence-corrected chi connectivity index (χ1v) is 9.05. The molecule has 1 saturated heterocycles. The molecule has 1 aromatic heterocycles. The van der Waals surface area contributed by atoms with Crippen LogP contribution in [0.3, 0.4) is 0 Å². The third kappa shape index (κ3) is 2.98. The second-order valence-corrected chi connectivity index (χ2v) is 7.53. The maximum atomic E-state index is 13.0. The molecule has 0 bridgehead atoms. The van der Waals surface area contributed by atoms with Gasteiger partial charge in [-0.2, -0.15) is 0 Å². The number of Topliss-reactive ketones (excluding diaryl/α,β-unsaturated/α-hetero) is 1. The van der Waals surface area contributed by atoms with E-state index < -0.39 is 5.97 Å². The minimum atomic E-state index is -0.712. The van der Waals surface area contributed by atoms with E-state index in [4.69, 9.17) is 0 Å². The maximum Gasteiger partial charge on any atom is 0.307 e. The number of aromatic nitrogens is 1. The lowest BCUT2D eigenvalue weighted by Gasteiger charge is -2.32. The second kappa shape index (κ2) is 6.32. The number of carbonyl (C=O) groups excluding carboxylic acids is 2. The van der Waals surface area contributed by atoms with Gasteiger partial charge in [-0.25, -0.2) is 0 Å². The number of aliphatic carboxylic acids is 1. The molecule has 1 aromatic rings. The van der Waals surface area contributed by atoms with Crippen LogP contribution in [0.5, 0.6) is 0 Å². The first-order chi connectivity index (χ1) is 11.8. The molecule has 1 aliphatic heterocycles. The number of nitrogens with one attached hydrogen (secondary N) is 1. The minimum absolute atomic E-state index is 0.0175. The lowest BCUT2D eigenvalue weighted by Crippen LogP contribution is -2.40. The summed E-state index contributed by atoms with van der Waals surface area (Å²) in [6, 6.07) is 0. The second-order valence-electron chi connectivity index (χ2n) is 7.53. The molecule has 2 heterocycles. The average molecular weight is 346 g/mol. The molecular formula is C19H26N2O4. The Morgan fingerprint density at radius 3 is 2.40 bits per heavy atom. The summed E-state index contributed by atoms with van der Waals surface area (Å²) in [5, 5.41) is 9.19. The SMILES string of the molecule is CCCc1c(C(=O)N2CCC3(CC2)CC3C(=O)O)[nH]c(C)c1C(C)=O. The summed E-state index contributed by atoms with van der Waals surface area (Å²) in [4.78, 5) is 41.1. The predicted octanol–water partition coefficient (Wildman–Crippen LogP) is 2.81. The van der Waals surface area contributed by atoms with Crippen molar-refractivity contribution in [2.24, 2.45) is 11.3 Å². The van der Waals surface area contributed by atoms with Gasteiger partial charge in [-0.05, 0) is 50.5 Å². The zero-order chi connectivity index (χ0) is 18.4. The third-order valence-electron chi connectivity index (χ3n) is 5.89. The molecule has 3 rings (SSSR count). The fraction of sp³-hybridized carbons (Fsp3) is 0.632. The van der Waals surface area contributed by atoms with E-state index in [-0.39, 0.29) is 23.0 Å². The molecule has 6 heteroatoms. The molecule has 0 radical (unpaired) electrons. The smallest absolute Gasteiger partial charge is 0.307 e. The number of carboxylic acid groups (broad SMARTS) is 1. The van der Waals surface area contributed by atoms with Gasteiger partial charge in [0.2, 0.25) is 0 Å². The Hall–Kier alpha value is -2.11. The quantitative estimate of drug-likeness (QED) is 0.802. The van der Waals surface area contributed by atoms with Crippen molar-refractivity contribution in [3.05, 3.63) is 22.5 Å². The van der Waals surface area contributed by atoms with Crippen LogP contribution < -0.4 is 0 Å². The number of likely N-dealkylation sites (tertiary alicyclic amines) is 1. The molecule has 2 aliphatic rings. The van der Waals surface area contributed by atoms with Gasteiger partial charge in [0.25, 0.3) is 5.91 Å². The monoisotopic (exact) mass is 346 g/mol. The Balaban J connectivity index is 1.77. The molecular weight excluding hydrogens is 320 g/mol. The molecule has 1 atom stereocenters. The van der Waals surface area contributed by atoms with Gasteiger partial charge in [0.15, 0.2) is 5.78 Å². The molecule has 1 saturated carbocycles. The van der Waals surface area contributed by atoms with E-state index in [1.165, 1.54) is 6.92 Å². The minimum Gasteiger partial charge on any atom is -0.481 e. The lowest BCUT2D eigenvalue weighted by molar-refractivity contribution is -0.139. The number of piperidine rings is 1. The van der Waals surface area contributed by atoms with Crippen molar-refractivity contribution in [2.45, 2.75) is 52.9 Å². The van der Waals surface area contributed by atoms with Crippen LogP contribution >= 0.6 is 0 Å². The molecule has 1 unspecified atom stereocenters. The standard InChI is InChI=1S/C19H26N2O4/c1-4-5-13-15(12(3)22)11(2)20-16(13)17(23)21-8-6-19(7-9-21)10-14(19)18(24)25/h14,20H,4-10H2,1-3H3,(H,24,25). The van der Waals surface area contributed by atoms with Crippen molar-refractivity contribution in [2.75, 3.05) is 13.1 Å². The van der Waals surface area contributed by atoms with Gasteiger partial charge < -0.3 is 15.0 Å². The first-order valence-electron chi connectivity index (χ1n) is 9.05.